The molecule has 0 saturated carbocycles. The third-order valence-electron chi connectivity index (χ3n) is 2.97. The maximum absolute atomic E-state index is 8.86. The van der Waals surface area contributed by atoms with Gasteiger partial charge >= 0.3 is 0 Å². The van der Waals surface area contributed by atoms with Gasteiger partial charge in [0.2, 0.25) is 0 Å². The summed E-state index contributed by atoms with van der Waals surface area (Å²) in [5, 5.41) is 14.7. The van der Waals surface area contributed by atoms with Crippen LogP contribution in [0.3, 0.4) is 0 Å². The number of hydrogen-bond acceptors (Lipinski definition) is 3. The first-order valence-electron chi connectivity index (χ1n) is 5.97. The van der Waals surface area contributed by atoms with E-state index in [1.807, 2.05) is 18.5 Å². The predicted molar refractivity (Wildman–Crippen MR) is 69.7 cm³/mol. The molecule has 17 heavy (non-hydrogen) atoms. The second-order valence-corrected chi connectivity index (χ2v) is 4.31. The minimum atomic E-state index is 0.230. The summed E-state index contributed by atoms with van der Waals surface area (Å²) < 4.78 is 0. The monoisotopic (exact) mass is 230 g/mol. The van der Waals surface area contributed by atoms with Crippen molar-refractivity contribution in [3.63, 3.8) is 0 Å². The number of rotatable bonds is 5. The van der Waals surface area contributed by atoms with E-state index in [-0.39, 0.29) is 6.61 Å². The van der Waals surface area contributed by atoms with Crippen LogP contribution in [0.2, 0.25) is 0 Å². The van der Waals surface area contributed by atoms with Crippen molar-refractivity contribution in [1.29, 1.82) is 0 Å². The number of pyridine rings is 1. The Morgan fingerprint density at radius 1 is 1.35 bits per heavy atom. The molecule has 0 spiro atoms. The first kappa shape index (κ1) is 12.0. The van der Waals surface area contributed by atoms with Crippen molar-refractivity contribution in [3.8, 4) is 0 Å². The standard InChI is InChI=1S/C14H18N2O/c1-11(6-8-17)16-10-13-4-2-3-12-9-15-7-5-14(12)13/h2-5,7,9,11,16-17H,6,8,10H2,1H3. The molecule has 1 atom stereocenters. The Morgan fingerprint density at radius 3 is 3.06 bits per heavy atom. The Labute approximate surface area is 102 Å². The van der Waals surface area contributed by atoms with Gasteiger partial charge in [-0.05, 0) is 30.4 Å². The lowest BCUT2D eigenvalue weighted by Gasteiger charge is -2.13. The Morgan fingerprint density at radius 2 is 2.24 bits per heavy atom. The Hall–Kier alpha value is -1.45. The quantitative estimate of drug-likeness (QED) is 0.826. The lowest BCUT2D eigenvalue weighted by Crippen LogP contribution is -2.26. The predicted octanol–water partition coefficient (Wildman–Crippen LogP) is 2.10. The average Bonchev–Trinajstić information content (AvgIpc) is 2.36. The van der Waals surface area contributed by atoms with E-state index in [2.05, 4.69) is 35.4 Å². The van der Waals surface area contributed by atoms with E-state index in [0.717, 1.165) is 13.0 Å². The van der Waals surface area contributed by atoms with Gasteiger partial charge in [0.05, 0.1) is 0 Å². The molecule has 0 saturated heterocycles. The molecule has 0 bridgehead atoms. The van der Waals surface area contributed by atoms with E-state index in [1.165, 1.54) is 16.3 Å². The van der Waals surface area contributed by atoms with Crippen LogP contribution >= 0.6 is 0 Å². The second-order valence-electron chi connectivity index (χ2n) is 4.31. The molecule has 0 amide bonds. The van der Waals surface area contributed by atoms with Crippen LogP contribution in [-0.4, -0.2) is 22.7 Å². The zero-order chi connectivity index (χ0) is 12.1. The van der Waals surface area contributed by atoms with Crippen LogP contribution in [0.25, 0.3) is 10.8 Å². The summed E-state index contributed by atoms with van der Waals surface area (Å²) in [5.41, 5.74) is 1.27. The summed E-state index contributed by atoms with van der Waals surface area (Å²) in [7, 11) is 0. The minimum Gasteiger partial charge on any atom is -0.396 e. The van der Waals surface area contributed by atoms with E-state index in [1.54, 1.807) is 0 Å². The van der Waals surface area contributed by atoms with Crippen molar-refractivity contribution in [2.75, 3.05) is 6.61 Å². The molecule has 1 aromatic heterocycles. The molecular formula is C14H18N2O. The summed E-state index contributed by atoms with van der Waals surface area (Å²) in [5.74, 6) is 0. The molecule has 2 N–H and O–H groups in total. The van der Waals surface area contributed by atoms with Gasteiger partial charge in [-0.3, -0.25) is 4.98 Å². The number of aliphatic hydroxyl groups excluding tert-OH is 1. The molecule has 3 nitrogen and oxygen atoms in total. The topological polar surface area (TPSA) is 45.1 Å². The Balaban J connectivity index is 2.13. The molecule has 0 radical (unpaired) electrons. The molecule has 0 fully saturated rings. The molecule has 0 aliphatic heterocycles. The first-order chi connectivity index (χ1) is 8.31. The van der Waals surface area contributed by atoms with Crippen molar-refractivity contribution < 1.29 is 5.11 Å². The zero-order valence-corrected chi connectivity index (χ0v) is 10.1. The third kappa shape index (κ3) is 3.02. The van der Waals surface area contributed by atoms with Gasteiger partial charge < -0.3 is 10.4 Å². The van der Waals surface area contributed by atoms with Gasteiger partial charge in [-0.15, -0.1) is 0 Å². The van der Waals surface area contributed by atoms with E-state index in [0.29, 0.717) is 6.04 Å². The molecule has 0 aliphatic carbocycles. The number of aromatic nitrogens is 1. The summed E-state index contributed by atoms with van der Waals surface area (Å²) >= 11 is 0. The van der Waals surface area contributed by atoms with E-state index in [4.69, 9.17) is 5.11 Å². The number of nitrogens with zero attached hydrogens (tertiary/aromatic N) is 1. The molecule has 2 aromatic rings. The number of aliphatic hydroxyl groups is 1. The van der Waals surface area contributed by atoms with Crippen LogP contribution in [0.1, 0.15) is 18.9 Å². The maximum Gasteiger partial charge on any atom is 0.0445 e. The highest BCUT2D eigenvalue weighted by molar-refractivity contribution is 5.84. The molecule has 1 unspecified atom stereocenters. The number of benzene rings is 1. The fourth-order valence-corrected chi connectivity index (χ4v) is 1.92. The van der Waals surface area contributed by atoms with Crippen molar-refractivity contribution in [3.05, 3.63) is 42.2 Å². The van der Waals surface area contributed by atoms with Crippen LogP contribution < -0.4 is 5.32 Å². The molecule has 2 rings (SSSR count). The molecule has 0 aliphatic rings. The van der Waals surface area contributed by atoms with E-state index >= 15 is 0 Å². The molecular weight excluding hydrogens is 212 g/mol. The molecule has 1 heterocycles. The summed E-state index contributed by atoms with van der Waals surface area (Å²) in [6, 6.07) is 8.63. The van der Waals surface area contributed by atoms with Crippen LogP contribution in [0.15, 0.2) is 36.7 Å². The fourth-order valence-electron chi connectivity index (χ4n) is 1.92. The number of fused-ring (bicyclic) bond motifs is 1. The fraction of sp³-hybridized carbons (Fsp3) is 0.357. The van der Waals surface area contributed by atoms with Gasteiger partial charge in [0.1, 0.15) is 0 Å². The van der Waals surface area contributed by atoms with Crippen LogP contribution in [-0.2, 0) is 6.54 Å². The lowest BCUT2D eigenvalue weighted by atomic mass is 10.1. The van der Waals surface area contributed by atoms with Gasteiger partial charge in [-0.2, -0.15) is 0 Å². The number of nitrogens with one attached hydrogen (secondary N) is 1. The highest BCUT2D eigenvalue weighted by Gasteiger charge is 2.03. The van der Waals surface area contributed by atoms with E-state index in [9.17, 15) is 0 Å². The van der Waals surface area contributed by atoms with Gasteiger partial charge in [0.15, 0.2) is 0 Å². The van der Waals surface area contributed by atoms with Crippen LogP contribution in [0, 0.1) is 0 Å². The zero-order valence-electron chi connectivity index (χ0n) is 10.1. The van der Waals surface area contributed by atoms with Crippen molar-refractivity contribution in [1.82, 2.24) is 10.3 Å². The summed E-state index contributed by atoms with van der Waals surface area (Å²) in [6.45, 7) is 3.14. The summed E-state index contributed by atoms with van der Waals surface area (Å²) in [6.07, 6.45) is 4.49. The average molecular weight is 230 g/mol. The molecule has 1 aromatic carbocycles. The molecule has 3 heteroatoms. The minimum absolute atomic E-state index is 0.230. The summed E-state index contributed by atoms with van der Waals surface area (Å²) in [4.78, 5) is 4.13. The highest BCUT2D eigenvalue weighted by atomic mass is 16.3. The Bertz CT molecular complexity index is 479. The highest BCUT2D eigenvalue weighted by Crippen LogP contribution is 2.17. The lowest BCUT2D eigenvalue weighted by molar-refractivity contribution is 0.269. The number of hydrogen-bond donors (Lipinski definition) is 2. The van der Waals surface area contributed by atoms with Crippen LogP contribution in [0.4, 0.5) is 0 Å². The van der Waals surface area contributed by atoms with Crippen molar-refractivity contribution in [2.45, 2.75) is 25.9 Å². The third-order valence-corrected chi connectivity index (χ3v) is 2.97. The second kappa shape index (κ2) is 5.75. The first-order valence-corrected chi connectivity index (χ1v) is 5.97. The SMILES string of the molecule is CC(CCO)NCc1cccc2cnccc12. The largest absolute Gasteiger partial charge is 0.396 e. The maximum atomic E-state index is 8.86. The van der Waals surface area contributed by atoms with Gasteiger partial charge in [0.25, 0.3) is 0 Å². The Kier molecular flexibility index (Phi) is 4.07. The van der Waals surface area contributed by atoms with Crippen molar-refractivity contribution in [2.24, 2.45) is 0 Å². The van der Waals surface area contributed by atoms with Crippen molar-refractivity contribution >= 4 is 10.8 Å². The smallest absolute Gasteiger partial charge is 0.0445 e. The van der Waals surface area contributed by atoms with Gasteiger partial charge in [-0.25, -0.2) is 0 Å². The normalized spacial score (nSPS) is 12.8. The van der Waals surface area contributed by atoms with E-state index < -0.39 is 0 Å². The van der Waals surface area contributed by atoms with Crippen LogP contribution in [0.5, 0.6) is 0 Å². The molecule has 90 valence electrons. The van der Waals surface area contributed by atoms with Gasteiger partial charge in [0, 0.05) is 37.0 Å². The van der Waals surface area contributed by atoms with Gasteiger partial charge in [-0.1, -0.05) is 18.2 Å².